The first-order valence-corrected chi connectivity index (χ1v) is 4.36. The van der Waals surface area contributed by atoms with Crippen LogP contribution in [0.15, 0.2) is 24.3 Å². The molecule has 0 atom stereocenters. The Morgan fingerprint density at radius 2 is 2.27 bits per heavy atom. The quantitative estimate of drug-likeness (QED) is 0.576. The lowest BCUT2D eigenvalue weighted by Crippen LogP contribution is -1.93. The highest BCUT2D eigenvalue weighted by Gasteiger charge is 2.00. The molecule has 0 saturated carbocycles. The van der Waals surface area contributed by atoms with E-state index >= 15 is 0 Å². The first kappa shape index (κ1) is 11.3. The summed E-state index contributed by atoms with van der Waals surface area (Å²) in [7, 11) is 1.29. The summed E-state index contributed by atoms with van der Waals surface area (Å²) in [5, 5.41) is 18.2. The van der Waals surface area contributed by atoms with Crippen molar-refractivity contribution < 1.29 is 19.7 Å². The van der Waals surface area contributed by atoms with E-state index in [0.29, 0.717) is 11.1 Å². The fraction of sp³-hybridized carbons (Fsp3) is 0.182. The Bertz CT molecular complexity index is 382. The van der Waals surface area contributed by atoms with Gasteiger partial charge in [0.15, 0.2) is 0 Å². The molecule has 0 fully saturated rings. The van der Waals surface area contributed by atoms with Gasteiger partial charge in [0.2, 0.25) is 0 Å². The Morgan fingerprint density at radius 3 is 2.87 bits per heavy atom. The van der Waals surface area contributed by atoms with E-state index in [2.05, 4.69) is 4.74 Å². The van der Waals surface area contributed by atoms with Crippen molar-refractivity contribution in [1.82, 2.24) is 0 Å². The van der Waals surface area contributed by atoms with E-state index in [1.54, 1.807) is 18.2 Å². The average Bonchev–Trinajstić information content (AvgIpc) is 2.27. The van der Waals surface area contributed by atoms with E-state index in [1.807, 2.05) is 0 Å². The van der Waals surface area contributed by atoms with Gasteiger partial charge in [0.25, 0.3) is 0 Å². The van der Waals surface area contributed by atoms with Crippen LogP contribution in [0.2, 0.25) is 0 Å². The minimum atomic E-state index is -0.450. The molecule has 0 bridgehead atoms. The van der Waals surface area contributed by atoms with Crippen LogP contribution >= 0.6 is 0 Å². The molecular formula is C11H12O4. The monoisotopic (exact) mass is 208 g/mol. The molecule has 0 aliphatic heterocycles. The average molecular weight is 208 g/mol. The van der Waals surface area contributed by atoms with E-state index in [0.717, 1.165) is 0 Å². The maximum absolute atomic E-state index is 10.8. The Kier molecular flexibility index (Phi) is 3.88. The molecular weight excluding hydrogens is 196 g/mol. The van der Waals surface area contributed by atoms with Crippen molar-refractivity contribution in [3.63, 3.8) is 0 Å². The van der Waals surface area contributed by atoms with Crippen molar-refractivity contribution in [3.8, 4) is 5.75 Å². The van der Waals surface area contributed by atoms with Crippen LogP contribution in [0.5, 0.6) is 5.75 Å². The molecule has 0 amide bonds. The van der Waals surface area contributed by atoms with Crippen LogP contribution in [0.25, 0.3) is 6.08 Å². The Hall–Kier alpha value is -1.81. The van der Waals surface area contributed by atoms with Crippen molar-refractivity contribution in [3.05, 3.63) is 35.4 Å². The number of phenols is 1. The zero-order valence-electron chi connectivity index (χ0n) is 8.30. The van der Waals surface area contributed by atoms with Crippen molar-refractivity contribution in [2.45, 2.75) is 6.61 Å². The van der Waals surface area contributed by atoms with Crippen LogP contribution in [-0.2, 0) is 16.1 Å². The fourth-order valence-corrected chi connectivity index (χ4v) is 1.07. The summed E-state index contributed by atoms with van der Waals surface area (Å²) in [6.45, 7) is -0.244. The van der Waals surface area contributed by atoms with Crippen LogP contribution < -0.4 is 0 Å². The number of hydrogen-bond acceptors (Lipinski definition) is 4. The van der Waals surface area contributed by atoms with Gasteiger partial charge in [-0.2, -0.15) is 0 Å². The smallest absolute Gasteiger partial charge is 0.330 e. The summed E-state index contributed by atoms with van der Waals surface area (Å²) in [5.74, 6) is -0.415. The number of esters is 1. The molecule has 0 spiro atoms. The molecule has 1 aromatic carbocycles. The molecule has 80 valence electrons. The number of carbonyl (C=O) groups is 1. The van der Waals surface area contributed by atoms with Gasteiger partial charge in [-0.1, -0.05) is 6.07 Å². The minimum Gasteiger partial charge on any atom is -0.508 e. The van der Waals surface area contributed by atoms with E-state index in [4.69, 9.17) is 5.11 Å². The van der Waals surface area contributed by atoms with Gasteiger partial charge in [-0.3, -0.25) is 0 Å². The molecule has 0 heterocycles. The fourth-order valence-electron chi connectivity index (χ4n) is 1.07. The number of carbonyl (C=O) groups excluding carboxylic acids is 1. The lowest BCUT2D eigenvalue weighted by atomic mass is 10.1. The molecule has 1 aromatic rings. The number of rotatable bonds is 3. The molecule has 0 unspecified atom stereocenters. The molecule has 0 radical (unpaired) electrons. The number of aromatic hydroxyl groups is 1. The van der Waals surface area contributed by atoms with Crippen LogP contribution in [0.3, 0.4) is 0 Å². The zero-order valence-corrected chi connectivity index (χ0v) is 8.30. The molecule has 4 nitrogen and oxygen atoms in total. The van der Waals surface area contributed by atoms with Gasteiger partial charge in [0.1, 0.15) is 5.75 Å². The number of benzene rings is 1. The van der Waals surface area contributed by atoms with Gasteiger partial charge in [-0.05, 0) is 23.8 Å². The Labute approximate surface area is 87.4 Å². The van der Waals surface area contributed by atoms with Gasteiger partial charge in [-0.25, -0.2) is 4.79 Å². The molecule has 1 rings (SSSR count). The van der Waals surface area contributed by atoms with E-state index in [1.165, 1.54) is 19.3 Å². The highest BCUT2D eigenvalue weighted by Crippen LogP contribution is 2.18. The maximum atomic E-state index is 10.8. The number of aliphatic hydroxyl groups excluding tert-OH is 1. The lowest BCUT2D eigenvalue weighted by Gasteiger charge is -2.01. The molecule has 0 saturated heterocycles. The third kappa shape index (κ3) is 3.11. The third-order valence-corrected chi connectivity index (χ3v) is 1.89. The number of ether oxygens (including phenoxy) is 1. The Balaban J connectivity index is 2.87. The predicted octanol–water partition coefficient (Wildman–Crippen LogP) is 1.07. The van der Waals surface area contributed by atoms with Crippen LogP contribution in [0, 0.1) is 0 Å². The first-order valence-electron chi connectivity index (χ1n) is 4.36. The SMILES string of the molecule is COC(=O)/C=C/c1ccc(O)c(CO)c1. The van der Waals surface area contributed by atoms with Crippen LogP contribution in [-0.4, -0.2) is 23.3 Å². The second kappa shape index (κ2) is 5.17. The summed E-state index contributed by atoms with van der Waals surface area (Å²) < 4.78 is 4.43. The topological polar surface area (TPSA) is 66.8 Å². The summed E-state index contributed by atoms with van der Waals surface area (Å²) in [5.41, 5.74) is 1.13. The highest BCUT2D eigenvalue weighted by molar-refractivity contribution is 5.86. The van der Waals surface area contributed by atoms with Gasteiger partial charge in [0, 0.05) is 11.6 Å². The summed E-state index contributed by atoms with van der Waals surface area (Å²) >= 11 is 0. The summed E-state index contributed by atoms with van der Waals surface area (Å²) in [6, 6.07) is 4.69. The van der Waals surface area contributed by atoms with Crippen molar-refractivity contribution in [2.24, 2.45) is 0 Å². The number of hydrogen-bond donors (Lipinski definition) is 2. The van der Waals surface area contributed by atoms with E-state index in [-0.39, 0.29) is 12.4 Å². The number of aliphatic hydroxyl groups is 1. The van der Waals surface area contributed by atoms with Crippen molar-refractivity contribution in [2.75, 3.05) is 7.11 Å². The second-order valence-electron chi connectivity index (χ2n) is 2.90. The van der Waals surface area contributed by atoms with Crippen LogP contribution in [0.1, 0.15) is 11.1 Å². The molecule has 2 N–H and O–H groups in total. The Morgan fingerprint density at radius 1 is 1.53 bits per heavy atom. The largest absolute Gasteiger partial charge is 0.508 e. The third-order valence-electron chi connectivity index (χ3n) is 1.89. The minimum absolute atomic E-state index is 0.0349. The molecule has 4 heteroatoms. The lowest BCUT2D eigenvalue weighted by molar-refractivity contribution is -0.134. The highest BCUT2D eigenvalue weighted by atomic mass is 16.5. The zero-order chi connectivity index (χ0) is 11.3. The standard InChI is InChI=1S/C11H12O4/c1-15-11(14)5-3-8-2-4-10(13)9(6-8)7-12/h2-6,12-13H,7H2,1H3/b5-3+. The molecule has 0 aliphatic rings. The maximum Gasteiger partial charge on any atom is 0.330 e. The van der Waals surface area contributed by atoms with Gasteiger partial charge in [0.05, 0.1) is 13.7 Å². The summed E-state index contributed by atoms with van der Waals surface area (Å²) in [4.78, 5) is 10.8. The predicted molar refractivity (Wildman–Crippen MR) is 55.1 cm³/mol. The van der Waals surface area contributed by atoms with E-state index in [9.17, 15) is 9.90 Å². The number of methoxy groups -OCH3 is 1. The van der Waals surface area contributed by atoms with Crippen molar-refractivity contribution in [1.29, 1.82) is 0 Å². The first-order chi connectivity index (χ1) is 7.17. The van der Waals surface area contributed by atoms with Gasteiger partial charge >= 0.3 is 5.97 Å². The van der Waals surface area contributed by atoms with Crippen molar-refractivity contribution >= 4 is 12.0 Å². The molecule has 0 aliphatic carbocycles. The summed E-state index contributed by atoms with van der Waals surface area (Å²) in [6.07, 6.45) is 2.82. The van der Waals surface area contributed by atoms with Crippen LogP contribution in [0.4, 0.5) is 0 Å². The van der Waals surface area contributed by atoms with E-state index < -0.39 is 5.97 Å². The van der Waals surface area contributed by atoms with Gasteiger partial charge in [-0.15, -0.1) is 0 Å². The normalized spacial score (nSPS) is 10.5. The second-order valence-corrected chi connectivity index (χ2v) is 2.90. The van der Waals surface area contributed by atoms with Gasteiger partial charge < -0.3 is 14.9 Å². The molecule has 0 aromatic heterocycles. The molecule has 15 heavy (non-hydrogen) atoms.